The number of fused-ring (bicyclic) bond motifs is 1. The molecule has 0 aromatic heterocycles. The fraction of sp³-hybridized carbons (Fsp3) is 0.200. The lowest BCUT2D eigenvalue weighted by molar-refractivity contribution is 0.0970. The van der Waals surface area contributed by atoms with Gasteiger partial charge in [-0.15, -0.1) is 0 Å². The normalized spacial score (nSPS) is 14.6. The van der Waals surface area contributed by atoms with Crippen molar-refractivity contribution in [3.8, 4) is 0 Å². The van der Waals surface area contributed by atoms with Crippen molar-refractivity contribution < 1.29 is 9.59 Å². The first-order valence-electron chi connectivity index (χ1n) is 5.90. The van der Waals surface area contributed by atoms with Gasteiger partial charge in [-0.25, -0.2) is 0 Å². The summed E-state index contributed by atoms with van der Waals surface area (Å²) in [5.41, 5.74) is 2.47. The van der Waals surface area contributed by atoms with Crippen LogP contribution in [0.1, 0.15) is 41.0 Å². The third-order valence-corrected chi connectivity index (χ3v) is 3.09. The van der Waals surface area contributed by atoms with Gasteiger partial charge in [0.1, 0.15) is 0 Å². The van der Waals surface area contributed by atoms with Crippen molar-refractivity contribution in [2.75, 3.05) is 0 Å². The summed E-state index contributed by atoms with van der Waals surface area (Å²) in [7, 11) is 0. The van der Waals surface area contributed by atoms with Gasteiger partial charge in [0.25, 0.3) is 0 Å². The van der Waals surface area contributed by atoms with Gasteiger partial charge in [-0.05, 0) is 13.3 Å². The summed E-state index contributed by atoms with van der Waals surface area (Å²) in [5.74, 6) is -0.242. The molecule has 1 aliphatic carbocycles. The van der Waals surface area contributed by atoms with Gasteiger partial charge < -0.3 is 5.32 Å². The zero-order chi connectivity index (χ0) is 13.3. The fourth-order valence-electron chi connectivity index (χ4n) is 1.92. The van der Waals surface area contributed by atoms with E-state index < -0.39 is 0 Å². The van der Waals surface area contributed by atoms with Crippen LogP contribution in [0.2, 0.25) is 0 Å². The van der Waals surface area contributed by atoms with E-state index in [1.54, 1.807) is 31.2 Å². The number of rotatable bonds is 3. The molecular formula is C15H15NO2. The highest BCUT2D eigenvalue weighted by atomic mass is 16.1. The van der Waals surface area contributed by atoms with E-state index in [1.807, 2.05) is 6.92 Å². The van der Waals surface area contributed by atoms with Crippen LogP contribution in [0.5, 0.6) is 0 Å². The van der Waals surface area contributed by atoms with Crippen LogP contribution < -0.4 is 5.32 Å². The van der Waals surface area contributed by atoms with Crippen LogP contribution >= 0.6 is 0 Å². The maximum atomic E-state index is 12.3. The molecule has 0 saturated heterocycles. The first-order valence-corrected chi connectivity index (χ1v) is 5.90. The van der Waals surface area contributed by atoms with Crippen LogP contribution in [-0.2, 0) is 0 Å². The maximum Gasteiger partial charge on any atom is 0.210 e. The van der Waals surface area contributed by atoms with Crippen molar-refractivity contribution in [1.29, 1.82) is 0 Å². The fourth-order valence-corrected chi connectivity index (χ4v) is 1.92. The topological polar surface area (TPSA) is 46.2 Å². The Hall–Kier alpha value is -2.16. The zero-order valence-corrected chi connectivity index (χ0v) is 10.5. The summed E-state index contributed by atoms with van der Waals surface area (Å²) in [6, 6.07) is 6.89. The monoisotopic (exact) mass is 241 g/mol. The third kappa shape index (κ3) is 1.88. The Balaban J connectivity index is 2.50. The number of Topliss-reactive ketones (excluding diaryl/α,β-unsaturated/α-hetero) is 2. The Morgan fingerprint density at radius 2 is 1.72 bits per heavy atom. The summed E-state index contributed by atoms with van der Waals surface area (Å²) in [6.45, 7) is 7.42. The van der Waals surface area contributed by atoms with Gasteiger partial charge in [0.05, 0.1) is 5.70 Å². The zero-order valence-electron chi connectivity index (χ0n) is 10.5. The van der Waals surface area contributed by atoms with Crippen molar-refractivity contribution in [2.24, 2.45) is 0 Å². The van der Waals surface area contributed by atoms with E-state index in [2.05, 4.69) is 11.9 Å². The van der Waals surface area contributed by atoms with Crippen LogP contribution in [0.4, 0.5) is 0 Å². The molecule has 1 aromatic rings. The molecule has 0 unspecified atom stereocenters. The van der Waals surface area contributed by atoms with Crippen molar-refractivity contribution >= 4 is 11.6 Å². The summed E-state index contributed by atoms with van der Waals surface area (Å²) in [5, 5.41) is 2.95. The Morgan fingerprint density at radius 3 is 2.28 bits per heavy atom. The molecule has 0 heterocycles. The molecule has 0 radical (unpaired) electrons. The van der Waals surface area contributed by atoms with Crippen LogP contribution in [0, 0.1) is 0 Å². The molecule has 0 aliphatic heterocycles. The summed E-state index contributed by atoms with van der Waals surface area (Å²) >= 11 is 0. The smallest absolute Gasteiger partial charge is 0.210 e. The Bertz CT molecular complexity index is 582. The van der Waals surface area contributed by atoms with Gasteiger partial charge >= 0.3 is 0 Å². The molecule has 0 fully saturated rings. The quantitative estimate of drug-likeness (QED) is 0.885. The van der Waals surface area contributed by atoms with Crippen molar-refractivity contribution in [3.63, 3.8) is 0 Å². The largest absolute Gasteiger partial charge is 0.356 e. The maximum absolute atomic E-state index is 12.3. The molecule has 1 N–H and O–H groups in total. The second-order valence-electron chi connectivity index (χ2n) is 4.29. The molecule has 2 rings (SSSR count). The van der Waals surface area contributed by atoms with E-state index in [0.29, 0.717) is 28.8 Å². The summed E-state index contributed by atoms with van der Waals surface area (Å²) in [4.78, 5) is 24.5. The standard InChI is InChI=1S/C15H15NO2/c1-4-9(2)16-13-10(3)14(17)11-7-5-6-8-12(11)15(13)18/h5-8,16H,2,4H2,1,3H3. The molecule has 0 atom stereocenters. The molecule has 0 bridgehead atoms. The Kier molecular flexibility index (Phi) is 3.15. The number of allylic oxidation sites excluding steroid dienone is 3. The number of hydrogen-bond donors (Lipinski definition) is 1. The number of benzene rings is 1. The van der Waals surface area contributed by atoms with Crippen LogP contribution in [-0.4, -0.2) is 11.6 Å². The number of carbonyl (C=O) groups is 2. The summed E-state index contributed by atoms with van der Waals surface area (Å²) < 4.78 is 0. The highest BCUT2D eigenvalue weighted by molar-refractivity contribution is 6.26. The van der Waals surface area contributed by atoms with Crippen molar-refractivity contribution in [2.45, 2.75) is 20.3 Å². The molecule has 1 aromatic carbocycles. The Morgan fingerprint density at radius 1 is 1.17 bits per heavy atom. The van der Waals surface area contributed by atoms with E-state index in [1.165, 1.54) is 0 Å². The van der Waals surface area contributed by atoms with Gasteiger partial charge in [0.15, 0.2) is 5.78 Å². The van der Waals surface area contributed by atoms with Crippen molar-refractivity contribution in [1.82, 2.24) is 5.32 Å². The molecule has 3 heteroatoms. The average molecular weight is 241 g/mol. The summed E-state index contributed by atoms with van der Waals surface area (Å²) in [6.07, 6.45) is 0.708. The minimum atomic E-state index is -0.141. The minimum absolute atomic E-state index is 0.100. The molecule has 0 saturated carbocycles. The van der Waals surface area contributed by atoms with E-state index in [0.717, 1.165) is 5.70 Å². The number of hydrogen-bond acceptors (Lipinski definition) is 3. The van der Waals surface area contributed by atoms with Crippen LogP contribution in [0.15, 0.2) is 47.8 Å². The molecule has 18 heavy (non-hydrogen) atoms. The third-order valence-electron chi connectivity index (χ3n) is 3.09. The number of carbonyl (C=O) groups excluding carboxylic acids is 2. The molecule has 3 nitrogen and oxygen atoms in total. The second kappa shape index (κ2) is 4.61. The van der Waals surface area contributed by atoms with Gasteiger partial charge in [0, 0.05) is 22.4 Å². The second-order valence-corrected chi connectivity index (χ2v) is 4.29. The van der Waals surface area contributed by atoms with E-state index in [4.69, 9.17) is 0 Å². The lowest BCUT2D eigenvalue weighted by Crippen LogP contribution is -2.29. The minimum Gasteiger partial charge on any atom is -0.356 e. The predicted molar refractivity (Wildman–Crippen MR) is 70.4 cm³/mol. The van der Waals surface area contributed by atoms with Gasteiger partial charge in [-0.3, -0.25) is 9.59 Å². The highest BCUT2D eigenvalue weighted by Gasteiger charge is 2.29. The lowest BCUT2D eigenvalue weighted by Gasteiger charge is -2.20. The first kappa shape index (κ1) is 12.3. The van der Waals surface area contributed by atoms with Gasteiger partial charge in [-0.1, -0.05) is 37.8 Å². The highest BCUT2D eigenvalue weighted by Crippen LogP contribution is 2.25. The lowest BCUT2D eigenvalue weighted by atomic mass is 9.88. The number of ketones is 2. The molecule has 1 aliphatic rings. The van der Waals surface area contributed by atoms with E-state index in [9.17, 15) is 9.59 Å². The SMILES string of the molecule is C=C(CC)NC1=C(C)C(=O)c2ccccc2C1=O. The first-order chi connectivity index (χ1) is 8.56. The van der Waals surface area contributed by atoms with E-state index in [-0.39, 0.29) is 11.6 Å². The Labute approximate surface area is 106 Å². The van der Waals surface area contributed by atoms with Crippen LogP contribution in [0.25, 0.3) is 0 Å². The number of nitrogens with one attached hydrogen (secondary N) is 1. The van der Waals surface area contributed by atoms with E-state index >= 15 is 0 Å². The molecule has 0 spiro atoms. The molecule has 0 amide bonds. The van der Waals surface area contributed by atoms with Crippen molar-refractivity contribution in [3.05, 3.63) is 58.9 Å². The van der Waals surface area contributed by atoms with Gasteiger partial charge in [-0.2, -0.15) is 0 Å². The molecule has 92 valence electrons. The van der Waals surface area contributed by atoms with Gasteiger partial charge in [0.2, 0.25) is 5.78 Å². The molecular weight excluding hydrogens is 226 g/mol. The predicted octanol–water partition coefficient (Wildman–Crippen LogP) is 2.85. The van der Waals surface area contributed by atoms with Crippen LogP contribution in [0.3, 0.4) is 0 Å². The average Bonchev–Trinajstić information content (AvgIpc) is 2.40.